The molecule has 0 saturated heterocycles. The van der Waals surface area contributed by atoms with Gasteiger partial charge < -0.3 is 15.4 Å². The number of ether oxygens (including phenoxy) is 1. The number of nitrogens with zero attached hydrogens (tertiary/aromatic N) is 1. The van der Waals surface area contributed by atoms with Gasteiger partial charge in [0.1, 0.15) is 11.6 Å². The van der Waals surface area contributed by atoms with Crippen LogP contribution in [0.15, 0.2) is 54.7 Å². The lowest BCUT2D eigenvalue weighted by Crippen LogP contribution is -2.14. The molecule has 0 unspecified atom stereocenters. The molecule has 1 aromatic heterocycles. The van der Waals surface area contributed by atoms with Crippen LogP contribution in [0.4, 0.5) is 17.2 Å². The van der Waals surface area contributed by atoms with E-state index in [4.69, 9.17) is 4.74 Å². The molecule has 0 spiro atoms. The lowest BCUT2D eigenvalue weighted by atomic mass is 10.0. The number of carbonyl (C=O) groups is 1. The first-order valence-corrected chi connectivity index (χ1v) is 8.72. The standard InChI is InChI=1S/C22H23N3O2/c1-14-10-15(2)21(16(3)11-14)25-22(26)17-8-9-23-20(12-17)24-18-6-5-7-19(13-18)27-4/h5-13H,1-4H3,(H,23,24)(H,25,26). The van der Waals surface area contributed by atoms with Gasteiger partial charge in [-0.3, -0.25) is 4.79 Å². The number of carbonyl (C=O) groups excluding carboxylic acids is 1. The molecule has 0 atom stereocenters. The molecule has 2 aromatic carbocycles. The zero-order chi connectivity index (χ0) is 19.4. The lowest BCUT2D eigenvalue weighted by Gasteiger charge is -2.13. The van der Waals surface area contributed by atoms with Gasteiger partial charge >= 0.3 is 0 Å². The molecule has 5 nitrogen and oxygen atoms in total. The van der Waals surface area contributed by atoms with Crippen molar-refractivity contribution in [1.82, 2.24) is 4.98 Å². The Morgan fingerprint density at radius 3 is 2.44 bits per heavy atom. The molecule has 0 radical (unpaired) electrons. The Kier molecular flexibility index (Phi) is 5.41. The van der Waals surface area contributed by atoms with Crippen LogP contribution in [0.1, 0.15) is 27.0 Å². The van der Waals surface area contributed by atoms with Gasteiger partial charge in [0, 0.05) is 29.2 Å². The molecule has 138 valence electrons. The third-order valence-electron chi connectivity index (χ3n) is 4.28. The molecule has 0 aliphatic heterocycles. The van der Waals surface area contributed by atoms with Crippen molar-refractivity contribution in [2.24, 2.45) is 0 Å². The second-order valence-electron chi connectivity index (χ2n) is 6.51. The van der Waals surface area contributed by atoms with E-state index in [-0.39, 0.29) is 5.91 Å². The number of aryl methyl sites for hydroxylation is 3. The van der Waals surface area contributed by atoms with E-state index < -0.39 is 0 Å². The van der Waals surface area contributed by atoms with Crippen molar-refractivity contribution in [3.05, 3.63) is 77.0 Å². The number of benzene rings is 2. The SMILES string of the molecule is COc1cccc(Nc2cc(C(=O)Nc3c(C)cc(C)cc3C)ccn2)c1. The zero-order valence-electron chi connectivity index (χ0n) is 16.0. The maximum absolute atomic E-state index is 12.7. The minimum Gasteiger partial charge on any atom is -0.497 e. The predicted molar refractivity (Wildman–Crippen MR) is 109 cm³/mol. The van der Waals surface area contributed by atoms with Crippen LogP contribution in [0.5, 0.6) is 5.75 Å². The summed E-state index contributed by atoms with van der Waals surface area (Å²) < 4.78 is 5.23. The molecule has 27 heavy (non-hydrogen) atoms. The van der Waals surface area contributed by atoms with Gasteiger partial charge in [-0.2, -0.15) is 0 Å². The van der Waals surface area contributed by atoms with Crippen molar-refractivity contribution in [3.63, 3.8) is 0 Å². The molecular formula is C22H23N3O2. The quantitative estimate of drug-likeness (QED) is 0.670. The molecule has 0 bridgehead atoms. The van der Waals surface area contributed by atoms with Crippen LogP contribution >= 0.6 is 0 Å². The van der Waals surface area contributed by atoms with E-state index in [9.17, 15) is 4.79 Å². The number of pyridine rings is 1. The van der Waals surface area contributed by atoms with Crippen molar-refractivity contribution in [2.75, 3.05) is 17.7 Å². The van der Waals surface area contributed by atoms with E-state index in [2.05, 4.69) is 27.8 Å². The van der Waals surface area contributed by atoms with Crippen LogP contribution in [0, 0.1) is 20.8 Å². The highest BCUT2D eigenvalue weighted by Gasteiger charge is 2.11. The summed E-state index contributed by atoms with van der Waals surface area (Å²) in [6, 6.07) is 15.1. The minimum absolute atomic E-state index is 0.166. The Morgan fingerprint density at radius 1 is 1.00 bits per heavy atom. The van der Waals surface area contributed by atoms with Gasteiger partial charge in [-0.05, 0) is 56.2 Å². The Bertz CT molecular complexity index is 960. The summed E-state index contributed by atoms with van der Waals surface area (Å²) in [4.78, 5) is 17.0. The molecule has 3 aromatic rings. The molecular weight excluding hydrogens is 338 g/mol. The Hall–Kier alpha value is -3.34. The molecule has 3 rings (SSSR count). The van der Waals surface area contributed by atoms with E-state index >= 15 is 0 Å². The van der Waals surface area contributed by atoms with Crippen LogP contribution < -0.4 is 15.4 Å². The van der Waals surface area contributed by atoms with Gasteiger partial charge in [-0.25, -0.2) is 4.98 Å². The smallest absolute Gasteiger partial charge is 0.255 e. The number of aromatic nitrogens is 1. The fourth-order valence-corrected chi connectivity index (χ4v) is 3.05. The molecule has 1 amide bonds. The van der Waals surface area contributed by atoms with E-state index in [1.807, 2.05) is 45.0 Å². The fraction of sp³-hybridized carbons (Fsp3) is 0.182. The topological polar surface area (TPSA) is 63.2 Å². The summed E-state index contributed by atoms with van der Waals surface area (Å²) in [5.74, 6) is 1.17. The highest BCUT2D eigenvalue weighted by Crippen LogP contribution is 2.24. The van der Waals surface area contributed by atoms with Crippen molar-refractivity contribution in [3.8, 4) is 5.75 Å². The number of nitrogens with one attached hydrogen (secondary N) is 2. The van der Waals surface area contributed by atoms with Crippen LogP contribution in [-0.2, 0) is 0 Å². The number of rotatable bonds is 5. The van der Waals surface area contributed by atoms with Crippen LogP contribution in [0.3, 0.4) is 0 Å². The lowest BCUT2D eigenvalue weighted by molar-refractivity contribution is 0.102. The Balaban J connectivity index is 1.80. The number of anilines is 3. The van der Waals surface area contributed by atoms with Gasteiger partial charge in [0.25, 0.3) is 5.91 Å². The zero-order valence-corrected chi connectivity index (χ0v) is 16.0. The van der Waals surface area contributed by atoms with E-state index in [1.54, 1.807) is 25.4 Å². The van der Waals surface area contributed by atoms with Gasteiger partial charge in [0.2, 0.25) is 0 Å². The van der Waals surface area contributed by atoms with Crippen LogP contribution in [0.2, 0.25) is 0 Å². The van der Waals surface area contributed by atoms with Gasteiger partial charge in [-0.1, -0.05) is 23.8 Å². The summed E-state index contributed by atoms with van der Waals surface area (Å²) in [6.45, 7) is 6.04. The second kappa shape index (κ2) is 7.91. The van der Waals surface area contributed by atoms with Gasteiger partial charge in [0.15, 0.2) is 0 Å². The van der Waals surface area contributed by atoms with Crippen molar-refractivity contribution >= 4 is 23.1 Å². The first kappa shape index (κ1) is 18.5. The fourth-order valence-electron chi connectivity index (χ4n) is 3.05. The summed E-state index contributed by atoms with van der Waals surface area (Å²) in [5.41, 5.74) is 5.50. The van der Waals surface area contributed by atoms with E-state index in [0.717, 1.165) is 28.3 Å². The average Bonchev–Trinajstić information content (AvgIpc) is 2.65. The van der Waals surface area contributed by atoms with Gasteiger partial charge in [0.05, 0.1) is 7.11 Å². The van der Waals surface area contributed by atoms with Crippen LogP contribution in [-0.4, -0.2) is 18.0 Å². The van der Waals surface area contributed by atoms with Gasteiger partial charge in [-0.15, -0.1) is 0 Å². The number of hydrogen-bond acceptors (Lipinski definition) is 4. The summed E-state index contributed by atoms with van der Waals surface area (Å²) >= 11 is 0. The minimum atomic E-state index is -0.166. The molecule has 0 aliphatic carbocycles. The average molecular weight is 361 g/mol. The molecule has 2 N–H and O–H groups in total. The summed E-state index contributed by atoms with van der Waals surface area (Å²) in [7, 11) is 1.62. The molecule has 0 aliphatic rings. The molecule has 5 heteroatoms. The molecule has 0 saturated carbocycles. The molecule has 0 fully saturated rings. The second-order valence-corrected chi connectivity index (χ2v) is 6.51. The largest absolute Gasteiger partial charge is 0.497 e. The monoisotopic (exact) mass is 361 g/mol. The third-order valence-corrected chi connectivity index (χ3v) is 4.28. The predicted octanol–water partition coefficient (Wildman–Crippen LogP) is 5.01. The summed E-state index contributed by atoms with van der Waals surface area (Å²) in [5, 5.41) is 6.21. The molecule has 1 heterocycles. The number of methoxy groups -OCH3 is 1. The third kappa shape index (κ3) is 4.44. The van der Waals surface area contributed by atoms with Crippen LogP contribution in [0.25, 0.3) is 0 Å². The highest BCUT2D eigenvalue weighted by molar-refractivity contribution is 6.05. The van der Waals surface area contributed by atoms with E-state index in [0.29, 0.717) is 11.4 Å². The highest BCUT2D eigenvalue weighted by atomic mass is 16.5. The first-order valence-electron chi connectivity index (χ1n) is 8.72. The maximum Gasteiger partial charge on any atom is 0.255 e. The van der Waals surface area contributed by atoms with Crippen molar-refractivity contribution < 1.29 is 9.53 Å². The van der Waals surface area contributed by atoms with E-state index in [1.165, 1.54) is 5.56 Å². The first-order chi connectivity index (χ1) is 13.0. The summed E-state index contributed by atoms with van der Waals surface area (Å²) in [6.07, 6.45) is 1.62. The van der Waals surface area contributed by atoms with Crippen molar-refractivity contribution in [1.29, 1.82) is 0 Å². The Labute approximate surface area is 159 Å². The maximum atomic E-state index is 12.7. The Morgan fingerprint density at radius 2 is 1.74 bits per heavy atom. The van der Waals surface area contributed by atoms with Crippen molar-refractivity contribution in [2.45, 2.75) is 20.8 Å². The normalized spacial score (nSPS) is 10.4. The number of hydrogen-bond donors (Lipinski definition) is 2. The number of amides is 1.